The molecule has 0 bridgehead atoms. The third-order valence-electron chi connectivity index (χ3n) is 4.13. The van der Waals surface area contributed by atoms with Crippen LogP contribution in [0.2, 0.25) is 5.02 Å². The molecule has 3 rings (SSSR count). The van der Waals surface area contributed by atoms with Crippen molar-refractivity contribution in [3.05, 3.63) is 47.2 Å². The number of piperazine rings is 1. The summed E-state index contributed by atoms with van der Waals surface area (Å²) in [6, 6.07) is 4.60. The SMILES string of the molecule is O=C(Nc1ccc(Cl)c(C(F)(F)F)c1)C(=O)N1CCN(c2ncccn2)CC1. The number of carbonyl (C=O) groups excluding carboxylic acids is 2. The molecule has 1 aromatic carbocycles. The van der Waals surface area contributed by atoms with Gasteiger partial charge in [-0.3, -0.25) is 9.59 Å². The Morgan fingerprint density at radius 1 is 1.07 bits per heavy atom. The first-order valence-corrected chi connectivity index (χ1v) is 8.62. The summed E-state index contributed by atoms with van der Waals surface area (Å²) in [5.41, 5.74) is -1.25. The van der Waals surface area contributed by atoms with Gasteiger partial charge in [-0.15, -0.1) is 0 Å². The van der Waals surface area contributed by atoms with Crippen molar-refractivity contribution in [3.63, 3.8) is 0 Å². The molecule has 1 N–H and O–H groups in total. The standard InChI is InChI=1S/C17H15ClF3N5O2/c18-13-3-2-11(10-12(13)17(19,20)21)24-14(27)15(28)25-6-8-26(9-7-25)16-22-4-1-5-23-16/h1-5,10H,6-9H2,(H,24,27). The lowest BCUT2D eigenvalue weighted by molar-refractivity contribution is -0.143. The predicted molar refractivity (Wildman–Crippen MR) is 95.9 cm³/mol. The number of benzene rings is 1. The van der Waals surface area contributed by atoms with E-state index in [4.69, 9.17) is 11.6 Å². The minimum atomic E-state index is -4.67. The Morgan fingerprint density at radius 3 is 2.32 bits per heavy atom. The van der Waals surface area contributed by atoms with E-state index in [9.17, 15) is 22.8 Å². The van der Waals surface area contributed by atoms with Gasteiger partial charge in [-0.1, -0.05) is 11.6 Å². The highest BCUT2D eigenvalue weighted by Gasteiger charge is 2.34. The molecule has 0 unspecified atom stereocenters. The van der Waals surface area contributed by atoms with E-state index in [2.05, 4.69) is 15.3 Å². The number of hydrogen-bond acceptors (Lipinski definition) is 5. The Balaban J connectivity index is 1.61. The number of nitrogens with zero attached hydrogens (tertiary/aromatic N) is 4. The van der Waals surface area contributed by atoms with Crippen LogP contribution in [-0.4, -0.2) is 52.9 Å². The molecule has 1 aliphatic heterocycles. The zero-order valence-corrected chi connectivity index (χ0v) is 15.2. The summed E-state index contributed by atoms with van der Waals surface area (Å²) in [6.45, 7) is 1.39. The topological polar surface area (TPSA) is 78.4 Å². The molecule has 0 radical (unpaired) electrons. The second-order valence-corrected chi connectivity index (χ2v) is 6.38. The normalized spacial score (nSPS) is 14.7. The van der Waals surface area contributed by atoms with Crippen molar-refractivity contribution in [2.24, 2.45) is 0 Å². The predicted octanol–water partition coefficient (Wildman–Crippen LogP) is 2.44. The van der Waals surface area contributed by atoms with Crippen LogP contribution in [0.25, 0.3) is 0 Å². The van der Waals surface area contributed by atoms with E-state index >= 15 is 0 Å². The summed E-state index contributed by atoms with van der Waals surface area (Å²) in [5, 5.41) is 1.70. The Morgan fingerprint density at radius 2 is 1.71 bits per heavy atom. The highest BCUT2D eigenvalue weighted by molar-refractivity contribution is 6.39. The van der Waals surface area contributed by atoms with E-state index in [1.807, 2.05) is 4.90 Å². The van der Waals surface area contributed by atoms with Crippen LogP contribution in [0.3, 0.4) is 0 Å². The third-order valence-corrected chi connectivity index (χ3v) is 4.46. The highest BCUT2D eigenvalue weighted by Crippen LogP contribution is 2.36. The number of amides is 2. The van der Waals surface area contributed by atoms with Gasteiger partial charge in [0.25, 0.3) is 0 Å². The molecule has 28 heavy (non-hydrogen) atoms. The minimum Gasteiger partial charge on any atom is -0.337 e. The molecule has 0 saturated carbocycles. The van der Waals surface area contributed by atoms with Gasteiger partial charge in [-0.05, 0) is 24.3 Å². The number of carbonyl (C=O) groups is 2. The Hall–Kier alpha value is -2.88. The number of hydrogen-bond donors (Lipinski definition) is 1. The molecule has 0 atom stereocenters. The first kappa shape index (κ1) is 19.9. The van der Waals surface area contributed by atoms with Gasteiger partial charge in [0.1, 0.15) is 0 Å². The molecule has 7 nitrogen and oxygen atoms in total. The average molecular weight is 414 g/mol. The lowest BCUT2D eigenvalue weighted by atomic mass is 10.2. The zero-order valence-electron chi connectivity index (χ0n) is 14.4. The number of aromatic nitrogens is 2. The number of alkyl halides is 3. The first-order chi connectivity index (χ1) is 13.3. The van der Waals surface area contributed by atoms with Crippen molar-refractivity contribution in [2.45, 2.75) is 6.18 Å². The van der Waals surface area contributed by atoms with E-state index < -0.39 is 28.6 Å². The molecule has 1 aromatic heterocycles. The molecule has 1 saturated heterocycles. The van der Waals surface area contributed by atoms with Crippen LogP contribution < -0.4 is 10.2 Å². The number of halogens is 4. The second-order valence-electron chi connectivity index (χ2n) is 5.97. The Labute approximate surface area is 163 Å². The maximum absolute atomic E-state index is 12.9. The molecule has 0 spiro atoms. The molecule has 2 heterocycles. The molecule has 2 aromatic rings. The van der Waals surface area contributed by atoms with Crippen molar-refractivity contribution in [1.29, 1.82) is 0 Å². The lowest BCUT2D eigenvalue weighted by Crippen LogP contribution is -2.52. The van der Waals surface area contributed by atoms with Crippen LogP contribution in [0.4, 0.5) is 24.8 Å². The van der Waals surface area contributed by atoms with Gasteiger partial charge in [0.2, 0.25) is 5.95 Å². The van der Waals surface area contributed by atoms with E-state index in [0.717, 1.165) is 6.07 Å². The number of nitrogens with one attached hydrogen (secondary N) is 1. The Bertz CT molecular complexity index is 871. The quantitative estimate of drug-likeness (QED) is 0.765. The van der Waals surface area contributed by atoms with Gasteiger partial charge in [0.15, 0.2) is 0 Å². The summed E-state index contributed by atoms with van der Waals surface area (Å²) in [4.78, 5) is 35.9. The van der Waals surface area contributed by atoms with Gasteiger partial charge < -0.3 is 15.1 Å². The highest BCUT2D eigenvalue weighted by atomic mass is 35.5. The van der Waals surface area contributed by atoms with Gasteiger partial charge in [0.05, 0.1) is 10.6 Å². The summed E-state index contributed by atoms with van der Waals surface area (Å²) in [5.74, 6) is -1.31. The third kappa shape index (κ3) is 4.50. The maximum Gasteiger partial charge on any atom is 0.417 e. The fourth-order valence-electron chi connectivity index (χ4n) is 2.71. The molecule has 0 aliphatic carbocycles. The second kappa shape index (κ2) is 8.01. The zero-order chi connectivity index (χ0) is 20.3. The van der Waals surface area contributed by atoms with Crippen LogP contribution >= 0.6 is 11.6 Å². The van der Waals surface area contributed by atoms with Crippen molar-refractivity contribution < 1.29 is 22.8 Å². The maximum atomic E-state index is 12.9. The van der Waals surface area contributed by atoms with Gasteiger partial charge in [-0.2, -0.15) is 13.2 Å². The van der Waals surface area contributed by atoms with Crippen LogP contribution in [-0.2, 0) is 15.8 Å². The molecular weight excluding hydrogens is 399 g/mol. The van der Waals surface area contributed by atoms with Crippen LogP contribution in [0, 0.1) is 0 Å². The lowest BCUT2D eigenvalue weighted by Gasteiger charge is -2.34. The van der Waals surface area contributed by atoms with Crippen LogP contribution in [0.1, 0.15) is 5.56 Å². The number of anilines is 2. The van der Waals surface area contributed by atoms with Gasteiger partial charge in [0, 0.05) is 44.3 Å². The molecule has 1 aliphatic rings. The fraction of sp³-hybridized carbons (Fsp3) is 0.294. The molecule has 2 amide bonds. The minimum absolute atomic E-state index is 0.161. The van der Waals surface area contributed by atoms with Gasteiger partial charge in [-0.25, -0.2) is 9.97 Å². The first-order valence-electron chi connectivity index (χ1n) is 8.24. The van der Waals surface area contributed by atoms with Gasteiger partial charge >= 0.3 is 18.0 Å². The summed E-state index contributed by atoms with van der Waals surface area (Å²) < 4.78 is 38.7. The van der Waals surface area contributed by atoms with E-state index in [-0.39, 0.29) is 18.8 Å². The Kier molecular flexibility index (Phi) is 5.68. The number of rotatable bonds is 2. The van der Waals surface area contributed by atoms with Crippen molar-refractivity contribution in [3.8, 4) is 0 Å². The van der Waals surface area contributed by atoms with Crippen LogP contribution in [0.5, 0.6) is 0 Å². The molecule has 1 fully saturated rings. The van der Waals surface area contributed by atoms with Crippen molar-refractivity contribution >= 4 is 35.1 Å². The van der Waals surface area contributed by atoms with E-state index in [0.29, 0.717) is 25.1 Å². The molecule has 11 heteroatoms. The summed E-state index contributed by atoms with van der Waals surface area (Å²) in [6.07, 6.45) is -1.46. The van der Waals surface area contributed by atoms with E-state index in [1.165, 1.54) is 11.0 Å². The average Bonchev–Trinajstić information content (AvgIpc) is 2.69. The summed E-state index contributed by atoms with van der Waals surface area (Å²) >= 11 is 5.54. The molecule has 148 valence electrons. The van der Waals surface area contributed by atoms with E-state index in [1.54, 1.807) is 18.5 Å². The van der Waals surface area contributed by atoms with Crippen molar-refractivity contribution in [2.75, 3.05) is 36.4 Å². The van der Waals surface area contributed by atoms with Crippen LogP contribution in [0.15, 0.2) is 36.7 Å². The monoisotopic (exact) mass is 413 g/mol. The summed E-state index contributed by atoms with van der Waals surface area (Å²) in [7, 11) is 0. The smallest absolute Gasteiger partial charge is 0.337 e. The molecular formula is C17H15ClF3N5O2. The van der Waals surface area contributed by atoms with Crippen molar-refractivity contribution in [1.82, 2.24) is 14.9 Å². The largest absolute Gasteiger partial charge is 0.417 e. The fourth-order valence-corrected chi connectivity index (χ4v) is 2.94.